The van der Waals surface area contributed by atoms with Gasteiger partial charge in [0.25, 0.3) is 0 Å². The van der Waals surface area contributed by atoms with Crippen LogP contribution >= 0.6 is 0 Å². The van der Waals surface area contributed by atoms with Gasteiger partial charge in [-0.1, -0.05) is 0 Å². The lowest BCUT2D eigenvalue weighted by atomic mass is 10.1. The highest BCUT2D eigenvalue weighted by atomic mass is 16.5. The van der Waals surface area contributed by atoms with Crippen molar-refractivity contribution in [2.24, 2.45) is 0 Å². The van der Waals surface area contributed by atoms with E-state index in [0.29, 0.717) is 19.1 Å². The first kappa shape index (κ1) is 15.7. The zero-order chi connectivity index (χ0) is 16.2. The lowest BCUT2D eigenvalue weighted by Gasteiger charge is -2.21. The first-order valence-electron chi connectivity index (χ1n) is 7.76. The quantitative estimate of drug-likeness (QED) is 0.726. The van der Waals surface area contributed by atoms with Gasteiger partial charge in [-0.15, -0.1) is 0 Å². The van der Waals surface area contributed by atoms with E-state index in [2.05, 4.69) is 30.4 Å². The number of aromatic nitrogens is 4. The molecule has 0 saturated carbocycles. The molecule has 3 heterocycles. The second-order valence-electron chi connectivity index (χ2n) is 5.75. The van der Waals surface area contributed by atoms with E-state index in [-0.39, 0.29) is 0 Å². The Morgan fingerprint density at radius 3 is 2.96 bits per heavy atom. The van der Waals surface area contributed by atoms with Gasteiger partial charge in [0, 0.05) is 32.7 Å². The van der Waals surface area contributed by atoms with E-state index in [1.54, 1.807) is 7.11 Å². The Hall–Kier alpha value is -2.19. The number of hydrogen-bond acceptors (Lipinski definition) is 7. The largest absolute Gasteiger partial charge is 0.378 e. The molecule has 0 radical (unpaired) electrons. The molecule has 23 heavy (non-hydrogen) atoms. The third-order valence-corrected chi connectivity index (χ3v) is 3.92. The van der Waals surface area contributed by atoms with Crippen LogP contribution in [0.1, 0.15) is 22.6 Å². The van der Waals surface area contributed by atoms with Crippen molar-refractivity contribution in [2.45, 2.75) is 26.0 Å². The molecule has 0 aromatic carbocycles. The fraction of sp³-hybridized carbons (Fsp3) is 0.533. The van der Waals surface area contributed by atoms with Crippen LogP contribution in [0.4, 0.5) is 11.8 Å². The molecule has 8 nitrogen and oxygen atoms in total. The van der Waals surface area contributed by atoms with Crippen molar-refractivity contribution < 1.29 is 4.74 Å². The molecule has 0 amide bonds. The molecule has 3 rings (SSSR count). The molecule has 2 aromatic heterocycles. The van der Waals surface area contributed by atoms with Crippen LogP contribution in [0.2, 0.25) is 0 Å². The van der Waals surface area contributed by atoms with Crippen LogP contribution in [0.25, 0.3) is 0 Å². The number of methoxy groups -OCH3 is 1. The molecule has 1 aliphatic rings. The maximum Gasteiger partial charge on any atom is 0.222 e. The molecule has 4 N–H and O–H groups in total. The SMILES string of the molecule is COCc1cc(CN(C)c2nc(N)nc3c2CCNCC3)[nH]n1. The van der Waals surface area contributed by atoms with Gasteiger partial charge in [-0.05, 0) is 19.0 Å². The second kappa shape index (κ2) is 6.93. The van der Waals surface area contributed by atoms with Crippen LogP contribution in [0, 0.1) is 0 Å². The van der Waals surface area contributed by atoms with Gasteiger partial charge in [-0.25, -0.2) is 4.98 Å². The van der Waals surface area contributed by atoms with E-state index in [4.69, 9.17) is 10.5 Å². The van der Waals surface area contributed by atoms with Crippen LogP contribution in [-0.4, -0.2) is 47.4 Å². The summed E-state index contributed by atoms with van der Waals surface area (Å²) in [5.74, 6) is 1.23. The molecular weight excluding hydrogens is 294 g/mol. The minimum absolute atomic E-state index is 0.331. The fourth-order valence-electron chi connectivity index (χ4n) is 2.90. The topological polar surface area (TPSA) is 105 Å². The van der Waals surface area contributed by atoms with Crippen LogP contribution in [0.5, 0.6) is 0 Å². The summed E-state index contributed by atoms with van der Waals surface area (Å²) in [5, 5.41) is 10.7. The molecule has 0 atom stereocenters. The molecule has 0 bridgehead atoms. The van der Waals surface area contributed by atoms with Gasteiger partial charge < -0.3 is 20.7 Å². The molecule has 1 aliphatic heterocycles. The summed E-state index contributed by atoms with van der Waals surface area (Å²) in [4.78, 5) is 11.0. The number of ether oxygens (including phenoxy) is 1. The molecular formula is C15H23N7O. The summed E-state index contributed by atoms with van der Waals surface area (Å²) in [5.41, 5.74) is 10.0. The first-order chi connectivity index (χ1) is 11.2. The van der Waals surface area contributed by atoms with Gasteiger partial charge in [-0.2, -0.15) is 10.1 Å². The van der Waals surface area contributed by atoms with Crippen LogP contribution in [0.15, 0.2) is 6.07 Å². The second-order valence-corrected chi connectivity index (χ2v) is 5.75. The van der Waals surface area contributed by atoms with E-state index < -0.39 is 0 Å². The summed E-state index contributed by atoms with van der Waals surface area (Å²) in [6.45, 7) is 3.03. The number of fused-ring (bicyclic) bond motifs is 1. The van der Waals surface area contributed by atoms with Crippen molar-refractivity contribution in [3.05, 3.63) is 28.7 Å². The highest BCUT2D eigenvalue weighted by Gasteiger charge is 2.19. The Kier molecular flexibility index (Phi) is 4.73. The lowest BCUT2D eigenvalue weighted by molar-refractivity contribution is 0.181. The summed E-state index contributed by atoms with van der Waals surface area (Å²) < 4.78 is 5.09. The van der Waals surface area contributed by atoms with E-state index >= 15 is 0 Å². The number of rotatable bonds is 5. The van der Waals surface area contributed by atoms with Crippen molar-refractivity contribution in [3.8, 4) is 0 Å². The summed E-state index contributed by atoms with van der Waals surface area (Å²) in [7, 11) is 3.67. The molecule has 0 saturated heterocycles. The van der Waals surface area contributed by atoms with Crippen LogP contribution in [0.3, 0.4) is 0 Å². The van der Waals surface area contributed by atoms with E-state index in [1.165, 1.54) is 5.56 Å². The van der Waals surface area contributed by atoms with Crippen molar-refractivity contribution in [2.75, 3.05) is 37.9 Å². The number of nitrogens with two attached hydrogens (primary N) is 1. The highest BCUT2D eigenvalue weighted by Crippen LogP contribution is 2.24. The Balaban J connectivity index is 1.83. The smallest absolute Gasteiger partial charge is 0.222 e. The molecule has 124 valence electrons. The fourth-order valence-corrected chi connectivity index (χ4v) is 2.90. The van der Waals surface area contributed by atoms with Gasteiger partial charge in [0.2, 0.25) is 5.95 Å². The highest BCUT2D eigenvalue weighted by molar-refractivity contribution is 5.52. The molecule has 0 unspecified atom stereocenters. The van der Waals surface area contributed by atoms with Gasteiger partial charge in [0.05, 0.1) is 30.2 Å². The number of hydrogen-bond donors (Lipinski definition) is 3. The van der Waals surface area contributed by atoms with Crippen LogP contribution < -0.4 is 16.0 Å². The maximum absolute atomic E-state index is 5.90. The third kappa shape index (κ3) is 3.59. The molecule has 0 fully saturated rings. The van der Waals surface area contributed by atoms with Crippen molar-refractivity contribution in [3.63, 3.8) is 0 Å². The van der Waals surface area contributed by atoms with Crippen molar-refractivity contribution in [1.82, 2.24) is 25.5 Å². The minimum Gasteiger partial charge on any atom is -0.378 e. The summed E-state index contributed by atoms with van der Waals surface area (Å²) in [6.07, 6.45) is 1.79. The van der Waals surface area contributed by atoms with Crippen molar-refractivity contribution >= 4 is 11.8 Å². The van der Waals surface area contributed by atoms with E-state index in [0.717, 1.165) is 48.8 Å². The van der Waals surface area contributed by atoms with E-state index in [1.807, 2.05) is 13.1 Å². The van der Waals surface area contributed by atoms with Gasteiger partial charge in [0.1, 0.15) is 5.82 Å². The summed E-state index contributed by atoms with van der Waals surface area (Å²) >= 11 is 0. The zero-order valence-corrected chi connectivity index (χ0v) is 13.6. The van der Waals surface area contributed by atoms with Gasteiger partial charge in [-0.3, -0.25) is 5.10 Å². The summed E-state index contributed by atoms with van der Waals surface area (Å²) in [6, 6.07) is 2.00. The Morgan fingerprint density at radius 2 is 2.13 bits per heavy atom. The molecule has 8 heteroatoms. The normalized spacial score (nSPS) is 14.3. The Morgan fingerprint density at radius 1 is 1.30 bits per heavy atom. The van der Waals surface area contributed by atoms with Gasteiger partial charge >= 0.3 is 0 Å². The Bertz CT molecular complexity index is 670. The van der Waals surface area contributed by atoms with Gasteiger partial charge in [0.15, 0.2) is 0 Å². The molecule has 0 spiro atoms. The monoisotopic (exact) mass is 317 g/mol. The predicted octanol–water partition coefficient (Wildman–Crippen LogP) is 0.253. The predicted molar refractivity (Wildman–Crippen MR) is 88.1 cm³/mol. The standard InChI is InChI=1S/C15H23N7O/c1-22(8-10-7-11(9-23-2)21-20-10)14-12-3-5-17-6-4-13(12)18-15(16)19-14/h7,17H,3-6,8-9H2,1-2H3,(H,20,21)(H2,16,18,19). The molecule has 2 aromatic rings. The minimum atomic E-state index is 0.331. The number of nitrogen functional groups attached to an aromatic ring is 1. The number of anilines is 2. The first-order valence-corrected chi connectivity index (χ1v) is 7.76. The average molecular weight is 317 g/mol. The zero-order valence-electron chi connectivity index (χ0n) is 13.6. The number of nitrogens with one attached hydrogen (secondary N) is 2. The third-order valence-electron chi connectivity index (χ3n) is 3.92. The Labute approximate surface area is 135 Å². The lowest BCUT2D eigenvalue weighted by Crippen LogP contribution is -2.22. The number of H-pyrrole nitrogens is 1. The number of nitrogens with zero attached hydrogens (tertiary/aromatic N) is 4. The van der Waals surface area contributed by atoms with E-state index in [9.17, 15) is 0 Å². The van der Waals surface area contributed by atoms with Crippen LogP contribution in [-0.2, 0) is 30.7 Å². The van der Waals surface area contributed by atoms with Crippen molar-refractivity contribution in [1.29, 1.82) is 0 Å². The maximum atomic E-state index is 5.90. The molecule has 0 aliphatic carbocycles. The number of aromatic amines is 1. The average Bonchev–Trinajstić information content (AvgIpc) is 2.82.